The quantitative estimate of drug-likeness (QED) is 0.597. The Balaban J connectivity index is 1.38. The average molecular weight is 370 g/mol. The van der Waals surface area contributed by atoms with Gasteiger partial charge in [0.2, 0.25) is 5.91 Å². The molecule has 0 aliphatic carbocycles. The number of amides is 2. The molecule has 0 saturated carbocycles. The molecule has 5 nitrogen and oxygen atoms in total. The highest BCUT2D eigenvalue weighted by Crippen LogP contribution is 2.17. The number of aromatic amines is 1. The molecule has 2 aromatic carbocycles. The number of hydrogen-bond acceptors (Lipinski definition) is 2. The average Bonchev–Trinajstić information content (AvgIpc) is 3.05. The number of carbonyl (C=O) groups excluding carboxylic acids is 2. The van der Waals surface area contributed by atoms with Gasteiger partial charge < -0.3 is 15.6 Å². The molecule has 1 heterocycles. The van der Waals surface area contributed by atoms with Gasteiger partial charge in [-0.25, -0.2) is 0 Å². The number of halogens is 1. The van der Waals surface area contributed by atoms with Gasteiger partial charge in [0, 0.05) is 47.2 Å². The molecule has 0 bridgehead atoms. The molecule has 0 aliphatic heterocycles. The van der Waals surface area contributed by atoms with Gasteiger partial charge in [-0.1, -0.05) is 29.8 Å². The number of benzene rings is 2. The van der Waals surface area contributed by atoms with Gasteiger partial charge in [0.25, 0.3) is 5.91 Å². The highest BCUT2D eigenvalue weighted by molar-refractivity contribution is 6.30. The summed E-state index contributed by atoms with van der Waals surface area (Å²) in [5.74, 6) is -0.297. The molecular formula is C20H20ClN3O2. The second kappa shape index (κ2) is 8.54. The molecule has 3 aromatic rings. The van der Waals surface area contributed by atoms with Crippen LogP contribution in [0.2, 0.25) is 5.02 Å². The fourth-order valence-electron chi connectivity index (χ4n) is 2.76. The lowest BCUT2D eigenvalue weighted by Gasteiger charge is -2.07. The molecule has 1 aromatic heterocycles. The first-order chi connectivity index (χ1) is 12.6. The van der Waals surface area contributed by atoms with Crippen molar-refractivity contribution in [3.05, 3.63) is 70.9 Å². The lowest BCUT2D eigenvalue weighted by atomic mass is 10.1. The van der Waals surface area contributed by atoms with Crippen molar-refractivity contribution < 1.29 is 9.59 Å². The van der Waals surface area contributed by atoms with E-state index in [0.29, 0.717) is 23.7 Å². The van der Waals surface area contributed by atoms with Crippen LogP contribution in [0.4, 0.5) is 0 Å². The minimum absolute atomic E-state index is 0.0822. The number of para-hydroxylation sites is 1. The normalized spacial score (nSPS) is 10.7. The number of rotatable bonds is 7. The maximum absolute atomic E-state index is 11.9. The third-order valence-corrected chi connectivity index (χ3v) is 4.39. The van der Waals surface area contributed by atoms with Crippen molar-refractivity contribution >= 4 is 34.3 Å². The van der Waals surface area contributed by atoms with Crippen LogP contribution in [0.25, 0.3) is 10.9 Å². The van der Waals surface area contributed by atoms with Crippen LogP contribution in [0.3, 0.4) is 0 Å². The summed E-state index contributed by atoms with van der Waals surface area (Å²) >= 11 is 5.79. The van der Waals surface area contributed by atoms with Crippen LogP contribution in [-0.4, -0.2) is 29.9 Å². The monoisotopic (exact) mass is 369 g/mol. The van der Waals surface area contributed by atoms with Gasteiger partial charge in [0.1, 0.15) is 0 Å². The number of H-pyrrole nitrogens is 1. The third kappa shape index (κ3) is 4.64. The largest absolute Gasteiger partial charge is 0.361 e. The topological polar surface area (TPSA) is 74.0 Å². The van der Waals surface area contributed by atoms with E-state index < -0.39 is 0 Å². The van der Waals surface area contributed by atoms with Crippen molar-refractivity contribution in [1.29, 1.82) is 0 Å². The molecule has 0 fully saturated rings. The number of carbonyl (C=O) groups is 2. The Labute approximate surface area is 156 Å². The summed E-state index contributed by atoms with van der Waals surface area (Å²) in [7, 11) is 0. The number of aromatic nitrogens is 1. The van der Waals surface area contributed by atoms with Crippen LogP contribution in [0.15, 0.2) is 54.7 Å². The van der Waals surface area contributed by atoms with Crippen LogP contribution in [0.5, 0.6) is 0 Å². The fourth-order valence-corrected chi connectivity index (χ4v) is 2.88. The SMILES string of the molecule is O=C(CCNC(=O)c1ccc(Cl)cc1)NCCc1c[nH]c2ccccc12. The van der Waals surface area contributed by atoms with E-state index in [4.69, 9.17) is 11.6 Å². The molecule has 6 heteroatoms. The number of fused-ring (bicyclic) bond motifs is 1. The number of hydrogen-bond donors (Lipinski definition) is 3. The van der Waals surface area contributed by atoms with Crippen molar-refractivity contribution in [2.45, 2.75) is 12.8 Å². The van der Waals surface area contributed by atoms with Crippen molar-refractivity contribution in [3.8, 4) is 0 Å². The summed E-state index contributed by atoms with van der Waals surface area (Å²) in [6.07, 6.45) is 2.98. The van der Waals surface area contributed by atoms with Crippen LogP contribution in [0.1, 0.15) is 22.3 Å². The van der Waals surface area contributed by atoms with Gasteiger partial charge in [-0.2, -0.15) is 0 Å². The Hall–Kier alpha value is -2.79. The van der Waals surface area contributed by atoms with E-state index in [1.165, 1.54) is 10.9 Å². The molecule has 0 atom stereocenters. The molecule has 3 N–H and O–H groups in total. The van der Waals surface area contributed by atoms with Crippen LogP contribution in [0, 0.1) is 0 Å². The lowest BCUT2D eigenvalue weighted by molar-refractivity contribution is -0.120. The van der Waals surface area contributed by atoms with E-state index in [9.17, 15) is 9.59 Å². The first-order valence-corrected chi connectivity index (χ1v) is 8.87. The zero-order valence-electron chi connectivity index (χ0n) is 14.2. The molecule has 0 unspecified atom stereocenters. The molecule has 3 rings (SSSR count). The molecule has 0 aliphatic rings. The summed E-state index contributed by atoms with van der Waals surface area (Å²) in [4.78, 5) is 27.1. The van der Waals surface area contributed by atoms with Gasteiger partial charge in [0.05, 0.1) is 0 Å². The third-order valence-electron chi connectivity index (χ3n) is 4.14. The van der Waals surface area contributed by atoms with Crippen molar-refractivity contribution in [2.24, 2.45) is 0 Å². The zero-order valence-corrected chi connectivity index (χ0v) is 15.0. The van der Waals surface area contributed by atoms with E-state index in [1.807, 2.05) is 24.4 Å². The molecule has 134 valence electrons. The van der Waals surface area contributed by atoms with Gasteiger partial charge in [-0.3, -0.25) is 9.59 Å². The maximum Gasteiger partial charge on any atom is 0.251 e. The minimum atomic E-state index is -0.215. The fraction of sp³-hybridized carbons (Fsp3) is 0.200. The van der Waals surface area contributed by atoms with Gasteiger partial charge >= 0.3 is 0 Å². The van der Waals surface area contributed by atoms with Crippen molar-refractivity contribution in [3.63, 3.8) is 0 Å². The van der Waals surface area contributed by atoms with Crippen LogP contribution in [-0.2, 0) is 11.2 Å². The van der Waals surface area contributed by atoms with E-state index >= 15 is 0 Å². The van der Waals surface area contributed by atoms with E-state index in [-0.39, 0.29) is 18.2 Å². The highest BCUT2D eigenvalue weighted by atomic mass is 35.5. The van der Waals surface area contributed by atoms with Crippen LogP contribution < -0.4 is 10.6 Å². The predicted molar refractivity (Wildman–Crippen MR) is 103 cm³/mol. The Bertz CT molecular complexity index is 903. The number of nitrogens with one attached hydrogen (secondary N) is 3. The molecular weight excluding hydrogens is 350 g/mol. The second-order valence-corrected chi connectivity index (χ2v) is 6.41. The highest BCUT2D eigenvalue weighted by Gasteiger charge is 2.07. The second-order valence-electron chi connectivity index (χ2n) is 5.97. The van der Waals surface area contributed by atoms with Gasteiger partial charge in [0.15, 0.2) is 0 Å². The Morgan fingerprint density at radius 3 is 2.54 bits per heavy atom. The maximum atomic E-state index is 11.9. The lowest BCUT2D eigenvalue weighted by Crippen LogP contribution is -2.31. The molecule has 26 heavy (non-hydrogen) atoms. The van der Waals surface area contributed by atoms with Gasteiger partial charge in [-0.05, 0) is 42.3 Å². The Kier molecular flexibility index (Phi) is 5.92. The molecule has 2 amide bonds. The standard InChI is InChI=1S/C20H20ClN3O2/c21-16-7-5-14(6-8-16)20(26)23-12-10-19(25)22-11-9-15-13-24-18-4-2-1-3-17(15)18/h1-8,13,24H,9-12H2,(H,22,25)(H,23,26). The van der Waals surface area contributed by atoms with E-state index in [2.05, 4.69) is 21.7 Å². The summed E-state index contributed by atoms with van der Waals surface area (Å²) in [6, 6.07) is 14.7. The summed E-state index contributed by atoms with van der Waals surface area (Å²) in [5, 5.41) is 7.37. The van der Waals surface area contributed by atoms with Crippen molar-refractivity contribution in [1.82, 2.24) is 15.6 Å². The molecule has 0 spiro atoms. The summed E-state index contributed by atoms with van der Waals surface area (Å²) in [5.41, 5.74) is 2.80. The summed E-state index contributed by atoms with van der Waals surface area (Å²) in [6.45, 7) is 0.853. The zero-order chi connectivity index (χ0) is 18.4. The van der Waals surface area contributed by atoms with E-state index in [0.717, 1.165) is 11.9 Å². The first-order valence-electron chi connectivity index (χ1n) is 8.49. The minimum Gasteiger partial charge on any atom is -0.361 e. The van der Waals surface area contributed by atoms with Crippen LogP contribution >= 0.6 is 11.6 Å². The smallest absolute Gasteiger partial charge is 0.251 e. The Morgan fingerprint density at radius 1 is 0.962 bits per heavy atom. The van der Waals surface area contributed by atoms with E-state index in [1.54, 1.807) is 24.3 Å². The van der Waals surface area contributed by atoms with Gasteiger partial charge in [-0.15, -0.1) is 0 Å². The first kappa shape index (κ1) is 18.0. The predicted octanol–water partition coefficient (Wildman–Crippen LogP) is 3.30. The Morgan fingerprint density at radius 2 is 1.73 bits per heavy atom. The molecule has 0 radical (unpaired) electrons. The summed E-state index contributed by atoms with van der Waals surface area (Å²) < 4.78 is 0. The molecule has 0 saturated heterocycles. The van der Waals surface area contributed by atoms with Crippen molar-refractivity contribution in [2.75, 3.05) is 13.1 Å².